The molecule has 3 rings (SSSR count). The lowest BCUT2D eigenvalue weighted by atomic mass is 9.47. The quantitative estimate of drug-likeness (QED) is 0.190. The standard InChI is InChI=1S/C31H54O4Si/c1-13-29(10)18-26(32)30(11)23(8)14-16-31(24(9)28(29)34-19-33-12)17-15-25(27(30)31)35-36(20(2)3,21(4)5)22(6)7/h13,20-23,26,28,32H,1,9,14-19H2,2-8,10-12H3. The smallest absolute Gasteiger partial charge is 0.258 e. The molecule has 6 unspecified atom stereocenters. The van der Waals surface area contributed by atoms with E-state index in [4.69, 9.17) is 20.5 Å². The minimum atomic E-state index is -2.16. The number of rotatable bonds is 9. The summed E-state index contributed by atoms with van der Waals surface area (Å²) in [6.07, 6.45) is 5.70. The second-order valence-electron chi connectivity index (χ2n) is 13.4. The number of ether oxygens (including phenoxy) is 2. The molecule has 206 valence electrons. The third-order valence-electron chi connectivity index (χ3n) is 10.8. The van der Waals surface area contributed by atoms with E-state index in [1.54, 1.807) is 7.11 Å². The van der Waals surface area contributed by atoms with Crippen LogP contribution in [0.3, 0.4) is 0 Å². The highest BCUT2D eigenvalue weighted by molar-refractivity contribution is 6.77. The summed E-state index contributed by atoms with van der Waals surface area (Å²) in [4.78, 5) is 0. The van der Waals surface area contributed by atoms with Crippen molar-refractivity contribution < 1.29 is 19.0 Å². The van der Waals surface area contributed by atoms with E-state index in [9.17, 15) is 5.11 Å². The van der Waals surface area contributed by atoms with Crippen LogP contribution in [-0.2, 0) is 13.9 Å². The maximum Gasteiger partial charge on any atom is 0.258 e. The molecule has 36 heavy (non-hydrogen) atoms. The minimum Gasteiger partial charge on any atom is -0.546 e. The van der Waals surface area contributed by atoms with Gasteiger partial charge in [-0.15, -0.1) is 6.58 Å². The molecule has 0 aromatic carbocycles. The molecule has 0 amide bonds. The van der Waals surface area contributed by atoms with E-state index in [1.165, 1.54) is 11.3 Å². The van der Waals surface area contributed by atoms with Crippen LogP contribution in [0.5, 0.6) is 0 Å². The van der Waals surface area contributed by atoms with Gasteiger partial charge in [-0.1, -0.05) is 75.0 Å². The van der Waals surface area contributed by atoms with Crippen LogP contribution in [0.25, 0.3) is 0 Å². The van der Waals surface area contributed by atoms with Crippen LogP contribution in [-0.4, -0.2) is 39.5 Å². The molecule has 1 N–H and O–H groups in total. The van der Waals surface area contributed by atoms with Crippen molar-refractivity contribution in [1.29, 1.82) is 0 Å². The normalized spacial score (nSPS) is 37.4. The van der Waals surface area contributed by atoms with Gasteiger partial charge in [-0.2, -0.15) is 0 Å². The highest BCUT2D eigenvalue weighted by Crippen LogP contribution is 2.68. The highest BCUT2D eigenvalue weighted by Gasteiger charge is 2.63. The summed E-state index contributed by atoms with van der Waals surface area (Å²) in [6.45, 7) is 30.0. The predicted octanol–water partition coefficient (Wildman–Crippen LogP) is 8.15. The topological polar surface area (TPSA) is 47.9 Å². The summed E-state index contributed by atoms with van der Waals surface area (Å²) in [5.41, 5.74) is 2.89. The van der Waals surface area contributed by atoms with Gasteiger partial charge in [0.1, 0.15) is 6.79 Å². The largest absolute Gasteiger partial charge is 0.546 e. The SMILES string of the molecule is C=CC1(C)CC(O)C2(C)C3=C(O[Si](C(C)C)(C(C)C)C(C)C)CCC3(CCC2C)C(=C)C1OCOC. The zero-order valence-corrected chi connectivity index (χ0v) is 25.9. The van der Waals surface area contributed by atoms with Gasteiger partial charge in [0.25, 0.3) is 8.32 Å². The van der Waals surface area contributed by atoms with E-state index in [0.29, 0.717) is 29.0 Å². The van der Waals surface area contributed by atoms with E-state index in [0.717, 1.165) is 31.3 Å². The van der Waals surface area contributed by atoms with Crippen LogP contribution in [0.1, 0.15) is 94.4 Å². The maximum absolute atomic E-state index is 12.1. The number of methoxy groups -OCH3 is 1. The fourth-order valence-electron chi connectivity index (χ4n) is 8.57. The Bertz CT molecular complexity index is 854. The molecule has 0 saturated heterocycles. The van der Waals surface area contributed by atoms with Crippen molar-refractivity contribution in [3.05, 3.63) is 36.1 Å². The summed E-state index contributed by atoms with van der Waals surface area (Å²) in [5, 5.41) is 12.1. The van der Waals surface area contributed by atoms with Crippen molar-refractivity contribution in [2.24, 2.45) is 22.2 Å². The third-order valence-corrected chi connectivity index (χ3v) is 16.8. The van der Waals surface area contributed by atoms with Gasteiger partial charge in [0.2, 0.25) is 0 Å². The molecule has 3 aliphatic rings. The van der Waals surface area contributed by atoms with Gasteiger partial charge in [-0.3, -0.25) is 0 Å². The van der Waals surface area contributed by atoms with Gasteiger partial charge in [0, 0.05) is 29.8 Å². The second-order valence-corrected chi connectivity index (χ2v) is 18.8. The van der Waals surface area contributed by atoms with Crippen LogP contribution in [0.2, 0.25) is 16.6 Å². The Kier molecular flexibility index (Phi) is 8.53. The zero-order chi connectivity index (χ0) is 27.3. The Morgan fingerprint density at radius 3 is 2.17 bits per heavy atom. The van der Waals surface area contributed by atoms with E-state index in [2.05, 4.69) is 68.9 Å². The lowest BCUT2D eigenvalue weighted by Gasteiger charge is -2.59. The number of allylic oxidation sites excluding steroid dienone is 1. The monoisotopic (exact) mass is 518 g/mol. The molecule has 4 nitrogen and oxygen atoms in total. The van der Waals surface area contributed by atoms with Crippen molar-refractivity contribution in [2.45, 2.75) is 123 Å². The summed E-state index contributed by atoms with van der Waals surface area (Å²) in [6, 6.07) is 0. The Morgan fingerprint density at radius 1 is 1.08 bits per heavy atom. The van der Waals surface area contributed by atoms with E-state index in [1.807, 2.05) is 6.08 Å². The van der Waals surface area contributed by atoms with Crippen molar-refractivity contribution in [3.8, 4) is 0 Å². The highest BCUT2D eigenvalue weighted by atomic mass is 28.4. The first kappa shape index (κ1) is 29.7. The van der Waals surface area contributed by atoms with Gasteiger partial charge in [-0.05, 0) is 59.4 Å². The average molecular weight is 519 g/mol. The minimum absolute atomic E-state index is 0.194. The molecule has 0 spiro atoms. The van der Waals surface area contributed by atoms with Crippen LogP contribution in [0.15, 0.2) is 36.1 Å². The summed E-state index contributed by atoms with van der Waals surface area (Å²) in [7, 11) is -0.501. The van der Waals surface area contributed by atoms with Gasteiger partial charge in [0.05, 0.1) is 18.0 Å². The molecule has 5 heteroatoms. The van der Waals surface area contributed by atoms with Crippen LogP contribution < -0.4 is 0 Å². The molecule has 2 fully saturated rings. The van der Waals surface area contributed by atoms with Gasteiger partial charge in [-0.25, -0.2) is 0 Å². The Hall–Kier alpha value is -0.883. The predicted molar refractivity (Wildman–Crippen MR) is 152 cm³/mol. The third kappa shape index (κ3) is 4.21. The molecular formula is C31H54O4Si. The van der Waals surface area contributed by atoms with Gasteiger partial charge < -0.3 is 19.0 Å². The van der Waals surface area contributed by atoms with Gasteiger partial charge in [0.15, 0.2) is 0 Å². The summed E-state index contributed by atoms with van der Waals surface area (Å²) < 4.78 is 19.2. The first-order valence-electron chi connectivity index (χ1n) is 14.2. The molecule has 0 aromatic heterocycles. The molecule has 6 atom stereocenters. The van der Waals surface area contributed by atoms with Crippen LogP contribution >= 0.6 is 0 Å². The molecule has 0 aromatic rings. The molecule has 0 aliphatic heterocycles. The van der Waals surface area contributed by atoms with E-state index >= 15 is 0 Å². The average Bonchev–Trinajstić information content (AvgIpc) is 3.18. The molecule has 0 heterocycles. The van der Waals surface area contributed by atoms with Crippen LogP contribution in [0, 0.1) is 22.2 Å². The molecule has 3 aliphatic carbocycles. The Morgan fingerprint density at radius 2 is 1.67 bits per heavy atom. The second kappa shape index (κ2) is 10.4. The first-order valence-corrected chi connectivity index (χ1v) is 16.4. The van der Waals surface area contributed by atoms with Crippen molar-refractivity contribution >= 4 is 8.32 Å². The summed E-state index contributed by atoms with van der Waals surface area (Å²) >= 11 is 0. The fourth-order valence-corrected chi connectivity index (χ4v) is 13.9. The lowest BCUT2D eigenvalue weighted by Crippen LogP contribution is -2.56. The maximum atomic E-state index is 12.1. The molecule has 2 bridgehead atoms. The molecule has 2 saturated carbocycles. The summed E-state index contributed by atoms with van der Waals surface area (Å²) in [5.74, 6) is 1.51. The first-order chi connectivity index (χ1) is 16.7. The Balaban J connectivity index is 2.30. The van der Waals surface area contributed by atoms with Crippen molar-refractivity contribution in [2.75, 3.05) is 13.9 Å². The zero-order valence-electron chi connectivity index (χ0n) is 24.9. The van der Waals surface area contributed by atoms with E-state index in [-0.39, 0.29) is 23.7 Å². The number of aliphatic hydroxyl groups excluding tert-OH is 1. The fraction of sp³-hybridized carbons (Fsp3) is 0.806. The number of aliphatic hydroxyl groups is 1. The lowest BCUT2D eigenvalue weighted by molar-refractivity contribution is -0.124. The Labute approximate surface area is 222 Å². The molecular weight excluding hydrogens is 464 g/mol. The van der Waals surface area contributed by atoms with Crippen molar-refractivity contribution in [3.63, 3.8) is 0 Å². The number of hydrogen-bond donors (Lipinski definition) is 1. The molecule has 0 radical (unpaired) electrons. The van der Waals surface area contributed by atoms with Crippen molar-refractivity contribution in [1.82, 2.24) is 0 Å². The van der Waals surface area contributed by atoms with Gasteiger partial charge >= 0.3 is 0 Å². The van der Waals surface area contributed by atoms with E-state index < -0.39 is 19.8 Å². The van der Waals surface area contributed by atoms with Crippen LogP contribution in [0.4, 0.5) is 0 Å². The number of hydrogen-bond acceptors (Lipinski definition) is 4.